The van der Waals surface area contributed by atoms with Crippen molar-refractivity contribution in [1.29, 1.82) is 0 Å². The summed E-state index contributed by atoms with van der Waals surface area (Å²) in [6, 6.07) is 0.132. The molecule has 1 aliphatic carbocycles. The van der Waals surface area contributed by atoms with Gasteiger partial charge in [0.2, 0.25) is 15.9 Å². The molecule has 9 heteroatoms. The molecule has 0 aromatic rings. The number of hydrogen-bond donors (Lipinski definition) is 2. The Morgan fingerprint density at radius 3 is 2.54 bits per heavy atom. The fourth-order valence-electron chi connectivity index (χ4n) is 4.65. The van der Waals surface area contributed by atoms with Gasteiger partial charge in [-0.25, -0.2) is 8.42 Å². The van der Waals surface area contributed by atoms with Gasteiger partial charge in [0.05, 0.1) is 12.8 Å². The minimum atomic E-state index is -3.18. The summed E-state index contributed by atoms with van der Waals surface area (Å²) < 4.78 is 25.4. The molecular formula is C19H35N5O3S. The minimum absolute atomic E-state index is 0.0607. The zero-order valence-electron chi connectivity index (χ0n) is 17.2. The highest BCUT2D eigenvalue weighted by Gasteiger charge is 2.33. The summed E-state index contributed by atoms with van der Waals surface area (Å²) >= 11 is 0. The number of hydrogen-bond acceptors (Lipinski definition) is 4. The van der Waals surface area contributed by atoms with E-state index in [9.17, 15) is 13.2 Å². The first kappa shape index (κ1) is 21.4. The van der Waals surface area contributed by atoms with Crippen molar-refractivity contribution in [2.45, 2.75) is 64.0 Å². The number of aliphatic imine (C=N–C) groups is 1. The van der Waals surface area contributed by atoms with E-state index in [0.717, 1.165) is 51.7 Å². The van der Waals surface area contributed by atoms with E-state index in [1.54, 1.807) is 4.31 Å². The van der Waals surface area contributed by atoms with Crippen molar-refractivity contribution in [3.8, 4) is 0 Å². The number of sulfonamides is 1. The van der Waals surface area contributed by atoms with Crippen LogP contribution in [0.2, 0.25) is 0 Å². The largest absolute Gasteiger partial charge is 0.357 e. The standard InChI is InChI=1S/C19H35N5O3S/c1-3-20-19(21-13-17-9-6-11-24(17)28(2,26)27)22-16-10-12-23(14-16)18(25)15-7-4-5-8-15/h15-17H,3-14H2,1-2H3,(H2,20,21,22)/t16?,17-/m1/s1. The van der Waals surface area contributed by atoms with Crippen LogP contribution in [-0.4, -0.2) is 80.6 Å². The molecule has 1 saturated carbocycles. The smallest absolute Gasteiger partial charge is 0.225 e. The lowest BCUT2D eigenvalue weighted by Crippen LogP contribution is -2.46. The number of amides is 1. The number of nitrogens with zero attached hydrogens (tertiary/aromatic N) is 3. The van der Waals surface area contributed by atoms with E-state index in [-0.39, 0.29) is 18.0 Å². The van der Waals surface area contributed by atoms with Crippen LogP contribution in [0.3, 0.4) is 0 Å². The van der Waals surface area contributed by atoms with Gasteiger partial charge in [-0.15, -0.1) is 0 Å². The van der Waals surface area contributed by atoms with Crippen molar-refractivity contribution >= 4 is 21.9 Å². The number of carbonyl (C=O) groups excluding carboxylic acids is 1. The lowest BCUT2D eigenvalue weighted by Gasteiger charge is -2.23. The van der Waals surface area contributed by atoms with Gasteiger partial charge in [-0.05, 0) is 39.0 Å². The van der Waals surface area contributed by atoms with E-state index in [1.165, 1.54) is 19.1 Å². The molecule has 2 heterocycles. The Labute approximate surface area is 169 Å². The molecule has 1 unspecified atom stereocenters. The molecule has 2 atom stereocenters. The molecule has 1 amide bonds. The van der Waals surface area contributed by atoms with Crippen molar-refractivity contribution < 1.29 is 13.2 Å². The van der Waals surface area contributed by atoms with Gasteiger partial charge in [0.15, 0.2) is 5.96 Å². The predicted molar refractivity (Wildman–Crippen MR) is 111 cm³/mol. The first-order chi connectivity index (χ1) is 13.4. The van der Waals surface area contributed by atoms with Gasteiger partial charge in [0.25, 0.3) is 0 Å². The van der Waals surface area contributed by atoms with Crippen LogP contribution in [0.1, 0.15) is 51.9 Å². The Morgan fingerprint density at radius 2 is 1.86 bits per heavy atom. The molecule has 160 valence electrons. The van der Waals surface area contributed by atoms with Crippen LogP contribution >= 0.6 is 0 Å². The van der Waals surface area contributed by atoms with Crippen LogP contribution < -0.4 is 10.6 Å². The number of guanidine groups is 1. The van der Waals surface area contributed by atoms with Crippen LogP contribution in [0.5, 0.6) is 0 Å². The first-order valence-corrected chi connectivity index (χ1v) is 12.5. The second kappa shape index (κ2) is 9.43. The second-order valence-corrected chi connectivity index (χ2v) is 10.2. The van der Waals surface area contributed by atoms with Gasteiger partial charge in [-0.2, -0.15) is 4.31 Å². The van der Waals surface area contributed by atoms with E-state index in [1.807, 2.05) is 11.8 Å². The van der Waals surface area contributed by atoms with Gasteiger partial charge < -0.3 is 15.5 Å². The number of likely N-dealkylation sites (tertiary alicyclic amines) is 1. The average Bonchev–Trinajstić information content (AvgIpc) is 3.39. The summed E-state index contributed by atoms with van der Waals surface area (Å²) in [5, 5.41) is 6.70. The minimum Gasteiger partial charge on any atom is -0.357 e. The highest BCUT2D eigenvalue weighted by molar-refractivity contribution is 7.88. The van der Waals surface area contributed by atoms with Crippen LogP contribution in [0.15, 0.2) is 4.99 Å². The molecular weight excluding hydrogens is 378 g/mol. The Balaban J connectivity index is 1.54. The molecule has 0 radical (unpaired) electrons. The normalized spacial score (nSPS) is 27.5. The maximum absolute atomic E-state index is 12.6. The van der Waals surface area contributed by atoms with Crippen molar-refractivity contribution in [3.63, 3.8) is 0 Å². The number of carbonyl (C=O) groups is 1. The Morgan fingerprint density at radius 1 is 1.11 bits per heavy atom. The molecule has 28 heavy (non-hydrogen) atoms. The fourth-order valence-corrected chi connectivity index (χ4v) is 5.82. The summed E-state index contributed by atoms with van der Waals surface area (Å²) in [6.07, 6.45) is 8.35. The zero-order chi connectivity index (χ0) is 20.1. The van der Waals surface area contributed by atoms with E-state index in [0.29, 0.717) is 25.0 Å². The van der Waals surface area contributed by atoms with E-state index < -0.39 is 10.0 Å². The summed E-state index contributed by atoms with van der Waals surface area (Å²) in [4.78, 5) is 19.3. The fraction of sp³-hybridized carbons (Fsp3) is 0.895. The van der Waals surface area contributed by atoms with Crippen LogP contribution in [0.4, 0.5) is 0 Å². The van der Waals surface area contributed by atoms with E-state index in [4.69, 9.17) is 0 Å². The van der Waals surface area contributed by atoms with Crippen LogP contribution in [-0.2, 0) is 14.8 Å². The van der Waals surface area contributed by atoms with Gasteiger partial charge in [-0.1, -0.05) is 12.8 Å². The van der Waals surface area contributed by atoms with E-state index in [2.05, 4.69) is 15.6 Å². The monoisotopic (exact) mass is 413 g/mol. The van der Waals surface area contributed by atoms with Gasteiger partial charge in [-0.3, -0.25) is 9.79 Å². The maximum atomic E-state index is 12.6. The quantitative estimate of drug-likeness (QED) is 0.495. The highest BCUT2D eigenvalue weighted by Crippen LogP contribution is 2.28. The molecule has 0 spiro atoms. The summed E-state index contributed by atoms with van der Waals surface area (Å²) in [7, 11) is -3.18. The molecule has 0 aromatic heterocycles. The summed E-state index contributed by atoms with van der Waals surface area (Å²) in [5.74, 6) is 1.26. The molecule has 0 aromatic carbocycles. The van der Waals surface area contributed by atoms with Crippen molar-refractivity contribution in [3.05, 3.63) is 0 Å². The highest BCUT2D eigenvalue weighted by atomic mass is 32.2. The van der Waals surface area contributed by atoms with Gasteiger partial charge in [0, 0.05) is 44.2 Å². The molecule has 2 saturated heterocycles. The summed E-state index contributed by atoms with van der Waals surface area (Å²) in [6.45, 7) is 5.32. The van der Waals surface area contributed by atoms with Gasteiger partial charge in [0.1, 0.15) is 0 Å². The lowest BCUT2D eigenvalue weighted by atomic mass is 10.1. The van der Waals surface area contributed by atoms with E-state index >= 15 is 0 Å². The van der Waals surface area contributed by atoms with Crippen LogP contribution in [0.25, 0.3) is 0 Å². The van der Waals surface area contributed by atoms with Gasteiger partial charge >= 0.3 is 0 Å². The van der Waals surface area contributed by atoms with Crippen molar-refractivity contribution in [2.24, 2.45) is 10.9 Å². The molecule has 3 rings (SSSR count). The maximum Gasteiger partial charge on any atom is 0.225 e. The summed E-state index contributed by atoms with van der Waals surface area (Å²) in [5.41, 5.74) is 0. The third-order valence-corrected chi connectivity index (χ3v) is 7.43. The number of nitrogens with one attached hydrogen (secondary N) is 2. The SMILES string of the molecule is CCNC(=NC[C@H]1CCCN1S(C)(=O)=O)NC1CCN(C(=O)C2CCCC2)C1. The average molecular weight is 414 g/mol. The lowest BCUT2D eigenvalue weighted by molar-refractivity contribution is -0.134. The first-order valence-electron chi connectivity index (χ1n) is 10.7. The Bertz CT molecular complexity index is 675. The molecule has 8 nitrogen and oxygen atoms in total. The third-order valence-electron chi connectivity index (χ3n) is 6.10. The molecule has 3 fully saturated rings. The van der Waals surface area contributed by atoms with Crippen molar-refractivity contribution in [2.75, 3.05) is 39.0 Å². The molecule has 0 bridgehead atoms. The zero-order valence-corrected chi connectivity index (χ0v) is 18.0. The predicted octanol–water partition coefficient (Wildman–Crippen LogP) is 0.757. The third kappa shape index (κ3) is 5.37. The molecule has 2 N–H and O–H groups in total. The molecule has 3 aliphatic rings. The van der Waals surface area contributed by atoms with Crippen molar-refractivity contribution in [1.82, 2.24) is 19.8 Å². The molecule has 2 aliphatic heterocycles. The second-order valence-electron chi connectivity index (χ2n) is 8.28. The Kier molecular flexibility index (Phi) is 7.20. The van der Waals surface area contributed by atoms with Crippen LogP contribution in [0, 0.1) is 5.92 Å². The topological polar surface area (TPSA) is 94.1 Å². The Hall–Kier alpha value is -1.35. The number of rotatable bonds is 6.